The fourth-order valence-electron chi connectivity index (χ4n) is 1.82. The van der Waals surface area contributed by atoms with Crippen molar-refractivity contribution in [1.29, 1.82) is 0 Å². The predicted octanol–water partition coefficient (Wildman–Crippen LogP) is 3.85. The van der Waals surface area contributed by atoms with E-state index in [0.29, 0.717) is 9.92 Å². The lowest BCUT2D eigenvalue weighted by atomic mass is 10.0. The smallest absolute Gasteiger partial charge is 0.430 e. The lowest BCUT2D eigenvalue weighted by Crippen LogP contribution is -2.40. The average molecular weight is 325 g/mol. The van der Waals surface area contributed by atoms with Crippen molar-refractivity contribution in [2.24, 2.45) is 0 Å². The van der Waals surface area contributed by atoms with Crippen LogP contribution in [0.1, 0.15) is 5.56 Å². The summed E-state index contributed by atoms with van der Waals surface area (Å²) >= 11 is 7.01. The Labute approximate surface area is 121 Å². The molecular formula is C12H8ClF3O3S. The minimum atomic E-state index is -4.81. The standard InChI is InChI=1S/C12H8ClF3O3S/c1-20-8-4-6(13)2-5-3-7(11(17)18)10(12(14,15)16)19-9(5)8/h2-4,10H,1H3,(H,17,18). The van der Waals surface area contributed by atoms with Crippen LogP contribution in [0.4, 0.5) is 13.2 Å². The van der Waals surface area contributed by atoms with Gasteiger partial charge < -0.3 is 9.84 Å². The number of alkyl halides is 3. The fraction of sp³-hybridized carbons (Fsp3) is 0.250. The van der Waals surface area contributed by atoms with Crippen LogP contribution in [0.25, 0.3) is 6.08 Å². The zero-order valence-corrected chi connectivity index (χ0v) is 11.6. The van der Waals surface area contributed by atoms with E-state index in [1.54, 1.807) is 6.26 Å². The van der Waals surface area contributed by atoms with Crippen LogP contribution in [-0.4, -0.2) is 29.6 Å². The van der Waals surface area contributed by atoms with Crippen LogP contribution in [0.3, 0.4) is 0 Å². The van der Waals surface area contributed by atoms with E-state index in [0.717, 1.165) is 6.08 Å². The number of hydrogen-bond donors (Lipinski definition) is 1. The van der Waals surface area contributed by atoms with Gasteiger partial charge in [-0.15, -0.1) is 11.8 Å². The van der Waals surface area contributed by atoms with Crippen LogP contribution < -0.4 is 4.74 Å². The molecule has 0 aliphatic carbocycles. The largest absolute Gasteiger partial charge is 0.478 e. The molecule has 0 bridgehead atoms. The highest BCUT2D eigenvalue weighted by molar-refractivity contribution is 7.98. The zero-order valence-electron chi connectivity index (χ0n) is 9.99. The van der Waals surface area contributed by atoms with E-state index in [2.05, 4.69) is 0 Å². The summed E-state index contributed by atoms with van der Waals surface area (Å²) in [5.74, 6) is -1.68. The van der Waals surface area contributed by atoms with Gasteiger partial charge >= 0.3 is 12.1 Å². The second kappa shape index (κ2) is 5.21. The summed E-state index contributed by atoms with van der Waals surface area (Å²) in [5, 5.41) is 9.20. The fourth-order valence-corrected chi connectivity index (χ4v) is 2.70. The number of carboxylic acids is 1. The first-order chi connectivity index (χ1) is 9.24. The van der Waals surface area contributed by atoms with Gasteiger partial charge in [-0.2, -0.15) is 13.2 Å². The molecule has 108 valence electrons. The normalized spacial score (nSPS) is 18.1. The Morgan fingerprint density at radius 2 is 2.10 bits per heavy atom. The molecule has 1 heterocycles. The van der Waals surface area contributed by atoms with Crippen LogP contribution in [0.5, 0.6) is 5.75 Å². The minimum absolute atomic E-state index is 0.00535. The average Bonchev–Trinajstić information content (AvgIpc) is 2.34. The molecule has 0 spiro atoms. The molecule has 1 unspecified atom stereocenters. The molecule has 1 aliphatic rings. The lowest BCUT2D eigenvalue weighted by Gasteiger charge is -2.28. The molecule has 0 saturated heterocycles. The van der Waals surface area contributed by atoms with Crippen molar-refractivity contribution in [1.82, 2.24) is 0 Å². The van der Waals surface area contributed by atoms with E-state index in [4.69, 9.17) is 21.4 Å². The van der Waals surface area contributed by atoms with Gasteiger partial charge in [0.2, 0.25) is 6.10 Å². The van der Waals surface area contributed by atoms with Gasteiger partial charge in [0.1, 0.15) is 5.75 Å². The van der Waals surface area contributed by atoms with Gasteiger partial charge in [-0.1, -0.05) is 11.6 Å². The molecule has 0 aromatic heterocycles. The number of thioether (sulfide) groups is 1. The monoisotopic (exact) mass is 324 g/mol. The Hall–Kier alpha value is -1.34. The molecule has 1 aliphatic heterocycles. The number of aliphatic carboxylic acids is 1. The number of fused-ring (bicyclic) bond motifs is 1. The van der Waals surface area contributed by atoms with Crippen molar-refractivity contribution < 1.29 is 27.8 Å². The molecular weight excluding hydrogens is 317 g/mol. The lowest BCUT2D eigenvalue weighted by molar-refractivity contribution is -0.187. The maximum Gasteiger partial charge on any atom is 0.430 e. The number of carboxylic acid groups (broad SMARTS) is 1. The van der Waals surface area contributed by atoms with E-state index in [-0.39, 0.29) is 11.3 Å². The van der Waals surface area contributed by atoms with Crippen LogP contribution in [0, 0.1) is 0 Å². The zero-order chi connectivity index (χ0) is 15.1. The van der Waals surface area contributed by atoms with Gasteiger partial charge in [-0.3, -0.25) is 0 Å². The van der Waals surface area contributed by atoms with Crippen molar-refractivity contribution in [2.45, 2.75) is 17.2 Å². The molecule has 1 aromatic rings. The highest BCUT2D eigenvalue weighted by Gasteiger charge is 2.48. The van der Waals surface area contributed by atoms with Crippen molar-refractivity contribution in [3.05, 3.63) is 28.3 Å². The van der Waals surface area contributed by atoms with Crippen molar-refractivity contribution in [2.75, 3.05) is 6.26 Å². The predicted molar refractivity (Wildman–Crippen MR) is 69.3 cm³/mol. The number of halogens is 4. The second-order valence-corrected chi connectivity index (χ2v) is 5.26. The Kier molecular flexibility index (Phi) is 3.93. The van der Waals surface area contributed by atoms with Gasteiger partial charge in [0.05, 0.1) is 10.5 Å². The maximum atomic E-state index is 12.9. The third kappa shape index (κ3) is 2.73. The van der Waals surface area contributed by atoms with Gasteiger partial charge in [0.15, 0.2) is 0 Å². The molecule has 8 heteroatoms. The van der Waals surface area contributed by atoms with E-state index in [9.17, 15) is 18.0 Å². The maximum absolute atomic E-state index is 12.9. The first-order valence-electron chi connectivity index (χ1n) is 5.30. The summed E-state index contributed by atoms with van der Waals surface area (Å²) in [6.07, 6.45) is -4.68. The summed E-state index contributed by atoms with van der Waals surface area (Å²) in [6.45, 7) is 0. The number of hydrogen-bond acceptors (Lipinski definition) is 3. The summed E-state index contributed by atoms with van der Waals surface area (Å²) in [5.41, 5.74) is -0.640. The minimum Gasteiger partial charge on any atom is -0.478 e. The van der Waals surface area contributed by atoms with E-state index in [1.165, 1.54) is 23.9 Å². The summed E-state index contributed by atoms with van der Waals surface area (Å²) in [6, 6.07) is 2.84. The third-order valence-electron chi connectivity index (χ3n) is 2.64. The Morgan fingerprint density at radius 1 is 1.45 bits per heavy atom. The topological polar surface area (TPSA) is 46.5 Å². The number of rotatable bonds is 2. The Bertz CT molecular complexity index is 598. The molecule has 0 fully saturated rings. The van der Waals surface area contributed by atoms with E-state index < -0.39 is 23.8 Å². The quantitative estimate of drug-likeness (QED) is 0.839. The molecule has 1 atom stereocenters. The van der Waals surface area contributed by atoms with Crippen molar-refractivity contribution >= 4 is 35.4 Å². The highest BCUT2D eigenvalue weighted by Crippen LogP contribution is 2.43. The first kappa shape index (κ1) is 15.1. The molecule has 0 amide bonds. The van der Waals surface area contributed by atoms with Crippen molar-refractivity contribution in [3.8, 4) is 5.75 Å². The second-order valence-electron chi connectivity index (χ2n) is 3.97. The van der Waals surface area contributed by atoms with Gasteiger partial charge in [-0.25, -0.2) is 4.79 Å². The number of benzene rings is 1. The van der Waals surface area contributed by atoms with E-state index in [1.807, 2.05) is 0 Å². The van der Waals surface area contributed by atoms with Crippen LogP contribution in [0.2, 0.25) is 5.02 Å². The molecule has 0 radical (unpaired) electrons. The first-order valence-corrected chi connectivity index (χ1v) is 6.90. The van der Waals surface area contributed by atoms with Gasteiger partial charge in [-0.05, 0) is 24.5 Å². The molecule has 1 N–H and O–H groups in total. The Balaban J connectivity index is 2.62. The van der Waals surface area contributed by atoms with Crippen LogP contribution >= 0.6 is 23.4 Å². The van der Waals surface area contributed by atoms with Crippen LogP contribution in [0.15, 0.2) is 22.6 Å². The summed E-state index contributed by atoms with van der Waals surface area (Å²) in [4.78, 5) is 11.4. The van der Waals surface area contributed by atoms with Crippen LogP contribution in [-0.2, 0) is 4.79 Å². The molecule has 20 heavy (non-hydrogen) atoms. The SMILES string of the molecule is CSc1cc(Cl)cc2c1OC(C(F)(F)F)C(C(=O)O)=C2. The van der Waals surface area contributed by atoms with Gasteiger partial charge in [0, 0.05) is 10.6 Å². The molecule has 2 rings (SSSR count). The Morgan fingerprint density at radius 3 is 2.60 bits per heavy atom. The molecule has 3 nitrogen and oxygen atoms in total. The molecule has 0 saturated carbocycles. The molecule has 1 aromatic carbocycles. The highest BCUT2D eigenvalue weighted by atomic mass is 35.5. The third-order valence-corrected chi connectivity index (χ3v) is 3.60. The van der Waals surface area contributed by atoms with Gasteiger partial charge in [0.25, 0.3) is 0 Å². The number of ether oxygens (including phenoxy) is 1. The number of carbonyl (C=O) groups is 1. The van der Waals surface area contributed by atoms with E-state index >= 15 is 0 Å². The summed E-state index contributed by atoms with van der Waals surface area (Å²) < 4.78 is 43.6. The van der Waals surface area contributed by atoms with Crippen molar-refractivity contribution in [3.63, 3.8) is 0 Å². The summed E-state index contributed by atoms with van der Waals surface area (Å²) in [7, 11) is 0.